The van der Waals surface area contributed by atoms with Gasteiger partial charge < -0.3 is 14.7 Å². The van der Waals surface area contributed by atoms with Crippen LogP contribution in [0, 0.1) is 11.8 Å². The maximum absolute atomic E-state index is 15.3. The molecule has 1 fully saturated rings. The number of aliphatic carboxylic acids is 1. The number of ether oxygens (including phenoxy) is 1. The first-order chi connectivity index (χ1) is 16.0. The van der Waals surface area contributed by atoms with Gasteiger partial charge in [0.15, 0.2) is 0 Å². The molecular formula is C25H29FN2O3S2. The van der Waals surface area contributed by atoms with E-state index in [0.717, 1.165) is 36.2 Å². The first-order valence-electron chi connectivity index (χ1n) is 11.2. The Morgan fingerprint density at radius 1 is 1.39 bits per heavy atom. The van der Waals surface area contributed by atoms with Crippen LogP contribution in [-0.4, -0.2) is 53.5 Å². The number of carbonyl (C=O) groups is 1. The number of benzene rings is 1. The molecule has 0 spiro atoms. The lowest BCUT2D eigenvalue weighted by molar-refractivity contribution is -0.146. The van der Waals surface area contributed by atoms with Gasteiger partial charge in [-0.1, -0.05) is 0 Å². The van der Waals surface area contributed by atoms with E-state index >= 15 is 4.39 Å². The molecule has 0 saturated carbocycles. The Morgan fingerprint density at radius 2 is 2.27 bits per heavy atom. The molecule has 1 aliphatic heterocycles. The van der Waals surface area contributed by atoms with Crippen LogP contribution in [0.25, 0.3) is 10.9 Å². The van der Waals surface area contributed by atoms with Crippen LogP contribution in [0.4, 0.5) is 4.39 Å². The Hall–Kier alpha value is -2.16. The maximum Gasteiger partial charge on any atom is 0.308 e. The second-order valence-electron chi connectivity index (χ2n) is 8.43. The zero-order valence-corrected chi connectivity index (χ0v) is 20.3. The smallest absolute Gasteiger partial charge is 0.308 e. The van der Waals surface area contributed by atoms with E-state index in [9.17, 15) is 9.90 Å². The van der Waals surface area contributed by atoms with Crippen LogP contribution in [-0.2, 0) is 4.79 Å². The summed E-state index contributed by atoms with van der Waals surface area (Å²) in [6.07, 6.45) is 2.11. The molecule has 0 amide bonds. The number of methoxy groups -OCH3 is 1. The lowest BCUT2D eigenvalue weighted by Gasteiger charge is -2.36. The van der Waals surface area contributed by atoms with Crippen LogP contribution in [0.5, 0.6) is 5.75 Å². The number of carboxylic acids is 1. The monoisotopic (exact) mass is 488 g/mol. The van der Waals surface area contributed by atoms with Gasteiger partial charge in [-0.25, -0.2) is 4.39 Å². The van der Waals surface area contributed by atoms with Gasteiger partial charge in [-0.3, -0.25) is 9.78 Å². The number of thiophene rings is 1. The number of piperidine rings is 1. The van der Waals surface area contributed by atoms with Gasteiger partial charge in [0, 0.05) is 40.7 Å². The van der Waals surface area contributed by atoms with E-state index in [4.69, 9.17) is 4.74 Å². The minimum Gasteiger partial charge on any atom is -0.497 e. The number of hydrogen-bond acceptors (Lipinski definition) is 6. The average Bonchev–Trinajstić information content (AvgIpc) is 3.35. The van der Waals surface area contributed by atoms with Crippen LogP contribution < -0.4 is 4.74 Å². The molecule has 2 aromatic heterocycles. The Morgan fingerprint density at radius 3 is 3.03 bits per heavy atom. The summed E-state index contributed by atoms with van der Waals surface area (Å²) in [6.45, 7) is 2.27. The number of fused-ring (bicyclic) bond motifs is 1. The molecule has 8 heteroatoms. The molecule has 5 nitrogen and oxygen atoms in total. The number of halogens is 1. The summed E-state index contributed by atoms with van der Waals surface area (Å²) in [5.41, 5.74) is 1.32. The molecule has 176 valence electrons. The van der Waals surface area contributed by atoms with Crippen LogP contribution in [0.1, 0.15) is 31.0 Å². The molecule has 33 heavy (non-hydrogen) atoms. The largest absolute Gasteiger partial charge is 0.497 e. The minimum absolute atomic E-state index is 0.0100. The molecule has 0 aliphatic carbocycles. The lowest BCUT2D eigenvalue weighted by atomic mass is 9.81. The van der Waals surface area contributed by atoms with Crippen molar-refractivity contribution in [3.8, 4) is 5.75 Å². The van der Waals surface area contributed by atoms with E-state index < -0.39 is 18.1 Å². The van der Waals surface area contributed by atoms with Gasteiger partial charge in [-0.05, 0) is 73.0 Å². The van der Waals surface area contributed by atoms with Crippen molar-refractivity contribution in [2.24, 2.45) is 11.8 Å². The second-order valence-corrected chi connectivity index (χ2v) is 10.4. The van der Waals surface area contributed by atoms with Crippen LogP contribution in [0.15, 0.2) is 52.2 Å². The van der Waals surface area contributed by atoms with Gasteiger partial charge >= 0.3 is 5.97 Å². The molecule has 0 bridgehead atoms. The van der Waals surface area contributed by atoms with E-state index in [-0.39, 0.29) is 5.92 Å². The van der Waals surface area contributed by atoms with E-state index in [1.807, 2.05) is 18.2 Å². The fraction of sp³-hybridized carbons (Fsp3) is 0.440. The Bertz CT molecular complexity index is 1060. The molecule has 1 aromatic carbocycles. The van der Waals surface area contributed by atoms with Gasteiger partial charge in [-0.15, -0.1) is 11.8 Å². The third kappa shape index (κ3) is 6.05. The fourth-order valence-corrected chi connectivity index (χ4v) is 6.38. The number of likely N-dealkylation sites (tertiary alicyclic amines) is 1. The number of carboxylic acid groups (broad SMARTS) is 1. The van der Waals surface area contributed by atoms with Gasteiger partial charge in [0.2, 0.25) is 0 Å². The zero-order chi connectivity index (χ0) is 23.2. The summed E-state index contributed by atoms with van der Waals surface area (Å²) in [6, 6.07) is 9.29. The SMILES string of the molecule is COc1ccc2nccc([C@@H](F)CC[C@@H]3CCN(CCSc4ccsc4)C[C@@H]3C(=O)O)c2c1. The zero-order valence-electron chi connectivity index (χ0n) is 18.7. The number of alkyl halides is 1. The first-order valence-corrected chi connectivity index (χ1v) is 13.1. The Labute approximate surface area is 202 Å². The first kappa shape index (κ1) is 24.0. The molecular weight excluding hydrogens is 459 g/mol. The number of rotatable bonds is 10. The molecule has 3 aromatic rings. The summed E-state index contributed by atoms with van der Waals surface area (Å²) in [5, 5.41) is 14.8. The number of pyridine rings is 1. The molecule has 1 aliphatic rings. The highest BCUT2D eigenvalue weighted by molar-refractivity contribution is 7.99. The molecule has 1 N–H and O–H groups in total. The molecule has 0 unspecified atom stereocenters. The third-order valence-corrected chi connectivity index (χ3v) is 8.25. The molecule has 3 heterocycles. The standard InChI is InChI=1S/C25H29FN2O3S2/c1-31-18-3-5-24-21(14-18)20(6-9-27-24)23(26)4-2-17-7-10-28(15-22(17)25(29)30)11-13-33-19-8-12-32-16-19/h3,5-6,8-9,12,14,16-17,22-23H,2,4,7,10-11,13,15H2,1H3,(H,29,30)/t17-,22+,23+/m1/s1. The van der Waals surface area contributed by atoms with Gasteiger partial charge in [-0.2, -0.15) is 11.3 Å². The van der Waals surface area contributed by atoms with Crippen molar-refractivity contribution >= 4 is 40.0 Å². The van der Waals surface area contributed by atoms with Gasteiger partial charge in [0.05, 0.1) is 18.5 Å². The number of nitrogens with zero attached hydrogens (tertiary/aromatic N) is 2. The van der Waals surface area contributed by atoms with E-state index in [2.05, 4.69) is 26.7 Å². The summed E-state index contributed by atoms with van der Waals surface area (Å²) < 4.78 is 20.6. The van der Waals surface area contributed by atoms with Crippen molar-refractivity contribution < 1.29 is 19.0 Å². The molecule has 1 saturated heterocycles. The highest BCUT2D eigenvalue weighted by Crippen LogP contribution is 2.35. The van der Waals surface area contributed by atoms with Crippen molar-refractivity contribution in [3.05, 3.63) is 52.9 Å². The summed E-state index contributed by atoms with van der Waals surface area (Å²) >= 11 is 3.49. The fourth-order valence-electron chi connectivity index (χ4n) is 4.59. The summed E-state index contributed by atoms with van der Waals surface area (Å²) in [4.78, 5) is 19.8. The lowest BCUT2D eigenvalue weighted by Crippen LogP contribution is -2.44. The highest BCUT2D eigenvalue weighted by atomic mass is 32.2. The number of thioether (sulfide) groups is 1. The quantitative estimate of drug-likeness (QED) is 0.358. The average molecular weight is 489 g/mol. The molecule has 4 rings (SSSR count). The van der Waals surface area contributed by atoms with Crippen LogP contribution in [0.3, 0.4) is 0 Å². The van der Waals surface area contributed by atoms with Crippen molar-refractivity contribution in [2.75, 3.05) is 32.5 Å². The normalized spacial score (nSPS) is 20.1. The number of aromatic nitrogens is 1. The Kier molecular flexibility index (Phi) is 8.22. The maximum atomic E-state index is 15.3. The van der Waals surface area contributed by atoms with Crippen molar-refractivity contribution in [3.63, 3.8) is 0 Å². The van der Waals surface area contributed by atoms with Gasteiger partial charge in [0.1, 0.15) is 11.9 Å². The van der Waals surface area contributed by atoms with Gasteiger partial charge in [0.25, 0.3) is 0 Å². The second kappa shape index (κ2) is 11.3. The van der Waals surface area contributed by atoms with Crippen molar-refractivity contribution in [1.82, 2.24) is 9.88 Å². The predicted octanol–water partition coefficient (Wildman–Crippen LogP) is 5.91. The topological polar surface area (TPSA) is 62.7 Å². The van der Waals surface area contributed by atoms with Crippen molar-refractivity contribution in [1.29, 1.82) is 0 Å². The highest BCUT2D eigenvalue weighted by Gasteiger charge is 2.34. The van der Waals surface area contributed by atoms with Crippen LogP contribution >= 0.6 is 23.1 Å². The van der Waals surface area contributed by atoms with E-state index in [1.54, 1.807) is 42.5 Å². The van der Waals surface area contributed by atoms with E-state index in [1.165, 1.54) is 4.90 Å². The van der Waals surface area contributed by atoms with Crippen molar-refractivity contribution in [2.45, 2.75) is 30.3 Å². The molecule has 3 atom stereocenters. The minimum atomic E-state index is -1.17. The third-order valence-electron chi connectivity index (χ3n) is 6.44. The molecule has 0 radical (unpaired) electrons. The van der Waals surface area contributed by atoms with E-state index in [0.29, 0.717) is 30.7 Å². The predicted molar refractivity (Wildman–Crippen MR) is 132 cm³/mol. The summed E-state index contributed by atoms with van der Waals surface area (Å²) in [7, 11) is 1.59. The summed E-state index contributed by atoms with van der Waals surface area (Å²) in [5.74, 6) is 0.374. The number of hydrogen-bond donors (Lipinski definition) is 1. The van der Waals surface area contributed by atoms with Crippen LogP contribution in [0.2, 0.25) is 0 Å². The Balaban J connectivity index is 1.34.